The van der Waals surface area contributed by atoms with E-state index < -0.39 is 5.97 Å². The number of nitrogens with one attached hydrogen (secondary N) is 2. The molecule has 0 fully saturated rings. The summed E-state index contributed by atoms with van der Waals surface area (Å²) in [6.45, 7) is 7.00. The van der Waals surface area contributed by atoms with Crippen LogP contribution < -0.4 is 0 Å². The molecule has 0 aromatic heterocycles. The highest BCUT2D eigenvalue weighted by Gasteiger charge is 2.14. The van der Waals surface area contributed by atoms with E-state index in [-0.39, 0.29) is 17.8 Å². The quantitative estimate of drug-likeness (QED) is 0.419. The molecule has 0 aliphatic heterocycles. The van der Waals surface area contributed by atoms with E-state index in [1.165, 1.54) is 7.11 Å². The van der Waals surface area contributed by atoms with Gasteiger partial charge in [0.1, 0.15) is 0 Å². The molecule has 2 aromatic carbocycles. The van der Waals surface area contributed by atoms with Crippen LogP contribution in [0.25, 0.3) is 0 Å². The topological polar surface area (TPSA) is 111 Å². The third-order valence-corrected chi connectivity index (χ3v) is 4.83. The van der Waals surface area contributed by atoms with E-state index in [0.29, 0.717) is 24.3 Å². The molecule has 0 amide bonds. The Hall–Kier alpha value is -3.28. The van der Waals surface area contributed by atoms with Gasteiger partial charge in [0.05, 0.1) is 18.9 Å². The molecule has 166 valence electrons. The van der Waals surface area contributed by atoms with Gasteiger partial charge in [0, 0.05) is 11.4 Å². The molecule has 2 aromatic rings. The fraction of sp³-hybridized carbons (Fsp3) is 0.360. The second kappa shape index (κ2) is 12.4. The monoisotopic (exact) mass is 424 g/mol. The first-order valence-electron chi connectivity index (χ1n) is 10.1. The van der Waals surface area contributed by atoms with Gasteiger partial charge < -0.3 is 20.7 Å². The van der Waals surface area contributed by atoms with Gasteiger partial charge in [0.2, 0.25) is 0 Å². The number of esters is 1. The van der Waals surface area contributed by atoms with Crippen LogP contribution in [0.4, 0.5) is 0 Å². The van der Waals surface area contributed by atoms with Crippen molar-refractivity contribution in [3.8, 4) is 0 Å². The van der Waals surface area contributed by atoms with Crippen LogP contribution in [0.15, 0.2) is 48.5 Å². The third kappa shape index (κ3) is 8.95. The van der Waals surface area contributed by atoms with E-state index in [2.05, 4.69) is 4.74 Å². The average Bonchev–Trinajstić information content (AvgIpc) is 2.73. The molecule has 31 heavy (non-hydrogen) atoms. The first-order chi connectivity index (χ1) is 14.5. The Morgan fingerprint density at radius 3 is 1.65 bits per heavy atom. The van der Waals surface area contributed by atoms with Crippen molar-refractivity contribution in [1.29, 1.82) is 10.8 Å². The summed E-state index contributed by atoms with van der Waals surface area (Å²) in [5.74, 6) is -1.51. The first-order valence-corrected chi connectivity index (χ1v) is 10.1. The Balaban J connectivity index is 0.000000311. The minimum atomic E-state index is -0.785. The van der Waals surface area contributed by atoms with E-state index in [1.54, 1.807) is 20.8 Å². The second-order valence-corrected chi connectivity index (χ2v) is 7.72. The number of ether oxygens (including phenoxy) is 1. The fourth-order valence-electron chi connectivity index (χ4n) is 2.94. The standard InChI is InChI=1S/C13H17NO2.C12H15NO2/c1-9(13(15)16-3)7-11-5-4-6-12(8-11)10(2)14;1-8(12(14)15)6-10-4-3-5-11(7-10)9(2)13/h4-6,8-9,14H,7H2,1-3H3;3-5,7-8,13H,6H2,1-2H3,(H,14,15). The van der Waals surface area contributed by atoms with Gasteiger partial charge in [0.15, 0.2) is 0 Å². The smallest absolute Gasteiger partial charge is 0.308 e. The Morgan fingerprint density at radius 2 is 1.29 bits per heavy atom. The summed E-state index contributed by atoms with van der Waals surface area (Å²) in [5.41, 5.74) is 4.81. The minimum absolute atomic E-state index is 0.147. The van der Waals surface area contributed by atoms with Gasteiger partial charge >= 0.3 is 11.9 Å². The van der Waals surface area contributed by atoms with Crippen molar-refractivity contribution in [2.45, 2.75) is 40.5 Å². The van der Waals surface area contributed by atoms with Crippen molar-refractivity contribution in [2.24, 2.45) is 11.8 Å². The number of rotatable bonds is 8. The van der Waals surface area contributed by atoms with Gasteiger partial charge in [-0.25, -0.2) is 0 Å². The van der Waals surface area contributed by atoms with Crippen LogP contribution >= 0.6 is 0 Å². The normalized spacial score (nSPS) is 12.0. The Bertz CT molecular complexity index is 937. The van der Waals surface area contributed by atoms with Crippen LogP contribution in [0.3, 0.4) is 0 Å². The molecule has 0 saturated carbocycles. The predicted octanol–water partition coefficient (Wildman–Crippen LogP) is 4.76. The number of carboxylic acid groups (broad SMARTS) is 1. The van der Waals surface area contributed by atoms with Crippen LogP contribution in [-0.4, -0.2) is 35.6 Å². The number of hydrogen-bond donors (Lipinski definition) is 3. The van der Waals surface area contributed by atoms with E-state index in [0.717, 1.165) is 22.3 Å². The van der Waals surface area contributed by atoms with Crippen molar-refractivity contribution in [2.75, 3.05) is 7.11 Å². The van der Waals surface area contributed by atoms with E-state index in [4.69, 9.17) is 15.9 Å². The number of aliphatic carboxylic acids is 1. The SMILES string of the molecule is CC(=N)c1cccc(CC(C)C(=O)O)c1.COC(=O)C(C)Cc1cccc(C(C)=N)c1. The summed E-state index contributed by atoms with van der Waals surface area (Å²) < 4.78 is 4.68. The summed E-state index contributed by atoms with van der Waals surface area (Å²) in [6, 6.07) is 15.2. The van der Waals surface area contributed by atoms with Crippen LogP contribution in [0.1, 0.15) is 49.9 Å². The molecule has 6 nitrogen and oxygen atoms in total. The molecule has 0 spiro atoms. The molecule has 0 bridgehead atoms. The van der Waals surface area contributed by atoms with Crippen LogP contribution in [-0.2, 0) is 27.2 Å². The van der Waals surface area contributed by atoms with Crippen LogP contribution in [0.5, 0.6) is 0 Å². The lowest BCUT2D eigenvalue weighted by Gasteiger charge is -2.09. The highest BCUT2D eigenvalue weighted by molar-refractivity contribution is 5.96. The zero-order chi connectivity index (χ0) is 23.6. The molecule has 0 aliphatic carbocycles. The van der Waals surface area contributed by atoms with Crippen molar-refractivity contribution in [3.05, 3.63) is 70.8 Å². The number of carbonyl (C=O) groups is 2. The van der Waals surface area contributed by atoms with Crippen molar-refractivity contribution >= 4 is 23.4 Å². The molecule has 0 heterocycles. The lowest BCUT2D eigenvalue weighted by atomic mass is 9.98. The summed E-state index contributed by atoms with van der Waals surface area (Å²) >= 11 is 0. The van der Waals surface area contributed by atoms with Crippen molar-refractivity contribution in [1.82, 2.24) is 0 Å². The predicted molar refractivity (Wildman–Crippen MR) is 123 cm³/mol. The number of hydrogen-bond acceptors (Lipinski definition) is 5. The molecule has 0 saturated heterocycles. The van der Waals surface area contributed by atoms with Crippen LogP contribution in [0.2, 0.25) is 0 Å². The van der Waals surface area contributed by atoms with Gasteiger partial charge in [-0.05, 0) is 61.1 Å². The zero-order valence-electron chi connectivity index (χ0n) is 18.9. The zero-order valence-corrected chi connectivity index (χ0v) is 18.9. The largest absolute Gasteiger partial charge is 0.481 e. The molecule has 3 N–H and O–H groups in total. The summed E-state index contributed by atoms with van der Waals surface area (Å²) in [6.07, 6.45) is 1.16. The third-order valence-electron chi connectivity index (χ3n) is 4.83. The van der Waals surface area contributed by atoms with Crippen LogP contribution in [0, 0.1) is 22.7 Å². The first kappa shape index (κ1) is 25.8. The number of carbonyl (C=O) groups excluding carboxylic acids is 1. The maximum atomic E-state index is 11.3. The average molecular weight is 425 g/mol. The van der Waals surface area contributed by atoms with Gasteiger partial charge in [-0.15, -0.1) is 0 Å². The van der Waals surface area contributed by atoms with Crippen molar-refractivity contribution < 1.29 is 19.4 Å². The lowest BCUT2D eigenvalue weighted by Crippen LogP contribution is -2.15. The van der Waals surface area contributed by atoms with E-state index >= 15 is 0 Å². The van der Waals surface area contributed by atoms with Gasteiger partial charge in [-0.2, -0.15) is 0 Å². The maximum Gasteiger partial charge on any atom is 0.308 e. The van der Waals surface area contributed by atoms with Gasteiger partial charge in [-0.3, -0.25) is 9.59 Å². The summed E-state index contributed by atoms with van der Waals surface area (Å²) in [7, 11) is 1.40. The van der Waals surface area contributed by atoms with Gasteiger partial charge in [-0.1, -0.05) is 50.2 Å². The number of carboxylic acids is 1. The Morgan fingerprint density at radius 1 is 0.871 bits per heavy atom. The maximum absolute atomic E-state index is 11.3. The Kier molecular flexibility index (Phi) is 10.3. The highest BCUT2D eigenvalue weighted by Crippen LogP contribution is 2.13. The molecule has 6 heteroatoms. The fourth-order valence-corrected chi connectivity index (χ4v) is 2.94. The lowest BCUT2D eigenvalue weighted by molar-refractivity contribution is -0.144. The molecule has 0 radical (unpaired) electrons. The molecule has 2 unspecified atom stereocenters. The molecular formula is C25H32N2O4. The Labute approximate surface area is 184 Å². The minimum Gasteiger partial charge on any atom is -0.481 e. The molecule has 2 rings (SSSR count). The highest BCUT2D eigenvalue weighted by atomic mass is 16.5. The summed E-state index contributed by atoms with van der Waals surface area (Å²) in [5, 5.41) is 23.8. The van der Waals surface area contributed by atoms with E-state index in [1.807, 2.05) is 55.5 Å². The molecule has 0 aliphatic rings. The van der Waals surface area contributed by atoms with E-state index in [9.17, 15) is 9.59 Å². The van der Waals surface area contributed by atoms with Gasteiger partial charge in [0.25, 0.3) is 0 Å². The number of benzene rings is 2. The van der Waals surface area contributed by atoms with Crippen molar-refractivity contribution in [3.63, 3.8) is 0 Å². The number of methoxy groups -OCH3 is 1. The summed E-state index contributed by atoms with van der Waals surface area (Å²) in [4.78, 5) is 22.0. The second-order valence-electron chi connectivity index (χ2n) is 7.72. The molecule has 2 atom stereocenters. The molecular weight excluding hydrogens is 392 g/mol.